The van der Waals surface area contributed by atoms with E-state index in [1.807, 2.05) is 0 Å². The van der Waals surface area contributed by atoms with Crippen LogP contribution in [0.5, 0.6) is 0 Å². The highest BCUT2D eigenvalue weighted by Crippen LogP contribution is 2.55. The lowest BCUT2D eigenvalue weighted by molar-refractivity contribution is -0.789. The Morgan fingerprint density at radius 3 is 1.78 bits per heavy atom. The van der Waals surface area contributed by atoms with Gasteiger partial charge < -0.3 is 9.68 Å². The minimum atomic E-state index is -0.782. The first-order valence-corrected chi connectivity index (χ1v) is 6.17. The lowest BCUT2D eigenvalue weighted by atomic mass is 9.53. The average Bonchev–Trinajstić information content (AvgIpc) is 2.27. The monoisotopic (exact) mass is 258 g/mol. The molecular formula is C10H14N2O6. The second-order valence-electron chi connectivity index (χ2n) is 5.58. The van der Waals surface area contributed by atoms with Crippen molar-refractivity contribution >= 4 is 0 Å². The van der Waals surface area contributed by atoms with Crippen LogP contribution >= 0.6 is 0 Å². The molecule has 4 aliphatic rings. The van der Waals surface area contributed by atoms with E-state index < -0.39 is 22.4 Å². The predicted molar refractivity (Wildman–Crippen MR) is 56.2 cm³/mol. The molecule has 0 heterocycles. The van der Waals surface area contributed by atoms with Gasteiger partial charge in [0.2, 0.25) is 0 Å². The predicted octanol–water partition coefficient (Wildman–Crippen LogP) is 1.21. The van der Waals surface area contributed by atoms with Gasteiger partial charge in [-0.15, -0.1) is 20.2 Å². The van der Waals surface area contributed by atoms with E-state index in [2.05, 4.69) is 0 Å². The van der Waals surface area contributed by atoms with Crippen LogP contribution in [0.3, 0.4) is 0 Å². The van der Waals surface area contributed by atoms with Crippen molar-refractivity contribution in [2.24, 2.45) is 23.7 Å². The maximum atomic E-state index is 10.5. The summed E-state index contributed by atoms with van der Waals surface area (Å²) in [7, 11) is 0. The highest BCUT2D eigenvalue weighted by molar-refractivity contribution is 5.03. The zero-order chi connectivity index (χ0) is 12.9. The molecule has 0 amide bonds. The molecule has 4 aliphatic carbocycles. The molecule has 6 atom stereocenters. The van der Waals surface area contributed by atoms with Crippen LogP contribution in [0.25, 0.3) is 0 Å². The summed E-state index contributed by atoms with van der Waals surface area (Å²) in [6, 6.07) is 0. The van der Waals surface area contributed by atoms with Gasteiger partial charge in [-0.1, -0.05) is 0 Å². The van der Waals surface area contributed by atoms with E-state index in [1.165, 1.54) is 0 Å². The SMILES string of the molecule is O=[N+]([O-])OC1C2CC3C[C@@H]1C[C@H](C3)C2O[N+](=O)[O-]. The van der Waals surface area contributed by atoms with Crippen molar-refractivity contribution in [2.75, 3.05) is 0 Å². The number of nitrogens with zero attached hydrogens (tertiary/aromatic N) is 2. The molecular weight excluding hydrogens is 244 g/mol. The van der Waals surface area contributed by atoms with E-state index in [1.54, 1.807) is 0 Å². The Bertz CT molecular complexity index is 357. The van der Waals surface area contributed by atoms with Gasteiger partial charge in [-0.3, -0.25) is 0 Å². The minimum Gasteiger partial charge on any atom is -0.310 e. The van der Waals surface area contributed by atoms with E-state index in [4.69, 9.17) is 9.68 Å². The van der Waals surface area contributed by atoms with Crippen LogP contribution in [-0.4, -0.2) is 22.4 Å². The topological polar surface area (TPSA) is 105 Å². The van der Waals surface area contributed by atoms with Crippen molar-refractivity contribution in [3.8, 4) is 0 Å². The average molecular weight is 258 g/mol. The Hall–Kier alpha value is -1.60. The summed E-state index contributed by atoms with van der Waals surface area (Å²) in [5.74, 6) is 0.628. The molecule has 0 radical (unpaired) electrons. The summed E-state index contributed by atoms with van der Waals surface area (Å²) < 4.78 is 0. The zero-order valence-electron chi connectivity index (χ0n) is 9.64. The van der Waals surface area contributed by atoms with Crippen LogP contribution < -0.4 is 0 Å². The van der Waals surface area contributed by atoms with Crippen molar-refractivity contribution in [1.82, 2.24) is 0 Å². The standard InChI is InChI=1S/C10H14N2O6/c13-11(14)17-9-6-1-5-2-7(4-6)10(8(9)3-5)18-12(15)16/h5-10H,1-4H2/t5?,6-,7+,8?,9?,10?. The fraction of sp³-hybridized carbons (Fsp3) is 1.00. The summed E-state index contributed by atoms with van der Waals surface area (Å²) in [5, 5.41) is 19.5. The van der Waals surface area contributed by atoms with E-state index in [0.717, 1.165) is 25.7 Å². The highest BCUT2D eigenvalue weighted by atomic mass is 17.0. The molecule has 0 aromatic heterocycles. The molecule has 18 heavy (non-hydrogen) atoms. The van der Waals surface area contributed by atoms with Crippen molar-refractivity contribution in [3.05, 3.63) is 20.2 Å². The van der Waals surface area contributed by atoms with Crippen LogP contribution in [0.1, 0.15) is 25.7 Å². The van der Waals surface area contributed by atoms with Gasteiger partial charge in [-0.2, -0.15) is 0 Å². The summed E-state index contributed by atoms with van der Waals surface area (Å²) in [4.78, 5) is 30.6. The van der Waals surface area contributed by atoms with Crippen LogP contribution in [0.15, 0.2) is 0 Å². The molecule has 8 nitrogen and oxygen atoms in total. The molecule has 0 aromatic carbocycles. The lowest BCUT2D eigenvalue weighted by Gasteiger charge is -2.55. The second kappa shape index (κ2) is 3.96. The number of hydrogen-bond acceptors (Lipinski definition) is 6. The Kier molecular flexibility index (Phi) is 2.53. The lowest BCUT2D eigenvalue weighted by Crippen LogP contribution is -2.58. The molecule has 0 aromatic rings. The first-order valence-electron chi connectivity index (χ1n) is 6.17. The Balaban J connectivity index is 1.81. The van der Waals surface area contributed by atoms with Gasteiger partial charge in [0.25, 0.3) is 10.2 Å². The molecule has 4 bridgehead atoms. The normalized spacial score (nSPS) is 44.7. The summed E-state index contributed by atoms with van der Waals surface area (Å²) in [5.41, 5.74) is 0. The third kappa shape index (κ3) is 1.75. The van der Waals surface area contributed by atoms with Crippen molar-refractivity contribution in [3.63, 3.8) is 0 Å². The van der Waals surface area contributed by atoms with Crippen LogP contribution in [0.2, 0.25) is 0 Å². The van der Waals surface area contributed by atoms with Gasteiger partial charge in [0, 0.05) is 5.92 Å². The van der Waals surface area contributed by atoms with E-state index >= 15 is 0 Å². The largest absolute Gasteiger partial charge is 0.310 e. The Labute approximate surface area is 102 Å². The molecule has 4 saturated carbocycles. The quantitative estimate of drug-likeness (QED) is 0.554. The maximum absolute atomic E-state index is 10.5. The number of rotatable bonds is 4. The Morgan fingerprint density at radius 1 is 0.833 bits per heavy atom. The highest BCUT2D eigenvalue weighted by Gasteiger charge is 2.56. The molecule has 8 heteroatoms. The zero-order valence-corrected chi connectivity index (χ0v) is 9.64. The second-order valence-corrected chi connectivity index (χ2v) is 5.58. The molecule has 0 N–H and O–H groups in total. The maximum Gasteiger partial charge on any atom is 0.294 e. The fourth-order valence-corrected chi connectivity index (χ4v) is 4.33. The Morgan fingerprint density at radius 2 is 1.33 bits per heavy atom. The van der Waals surface area contributed by atoms with Crippen molar-refractivity contribution < 1.29 is 19.8 Å². The fourth-order valence-electron chi connectivity index (χ4n) is 4.33. The van der Waals surface area contributed by atoms with Gasteiger partial charge in [0.05, 0.1) is 0 Å². The van der Waals surface area contributed by atoms with Crippen molar-refractivity contribution in [2.45, 2.75) is 37.9 Å². The molecule has 4 fully saturated rings. The van der Waals surface area contributed by atoms with Gasteiger partial charge in [-0.05, 0) is 43.4 Å². The molecule has 0 spiro atoms. The third-order valence-electron chi connectivity index (χ3n) is 4.67. The first-order chi connectivity index (χ1) is 8.54. The molecule has 4 rings (SSSR count). The van der Waals surface area contributed by atoms with E-state index in [0.29, 0.717) is 5.92 Å². The molecule has 0 aliphatic heterocycles. The van der Waals surface area contributed by atoms with Crippen LogP contribution in [0.4, 0.5) is 0 Å². The molecule has 4 unspecified atom stereocenters. The van der Waals surface area contributed by atoms with Gasteiger partial charge >= 0.3 is 0 Å². The van der Waals surface area contributed by atoms with Gasteiger partial charge in [0.1, 0.15) is 12.2 Å². The first kappa shape index (κ1) is 11.5. The van der Waals surface area contributed by atoms with Gasteiger partial charge in [-0.25, -0.2) is 0 Å². The van der Waals surface area contributed by atoms with E-state index in [-0.39, 0.29) is 17.8 Å². The number of hydrogen-bond donors (Lipinski definition) is 0. The van der Waals surface area contributed by atoms with Crippen LogP contribution in [0, 0.1) is 43.9 Å². The van der Waals surface area contributed by atoms with Crippen LogP contribution in [-0.2, 0) is 9.68 Å². The summed E-state index contributed by atoms with van der Waals surface area (Å²) in [6.45, 7) is 0. The van der Waals surface area contributed by atoms with Gasteiger partial charge in [0.15, 0.2) is 0 Å². The summed E-state index contributed by atoms with van der Waals surface area (Å²) >= 11 is 0. The smallest absolute Gasteiger partial charge is 0.294 e. The summed E-state index contributed by atoms with van der Waals surface area (Å²) in [6.07, 6.45) is 2.30. The molecule has 0 saturated heterocycles. The minimum absolute atomic E-state index is 0.157. The van der Waals surface area contributed by atoms with Crippen molar-refractivity contribution in [1.29, 1.82) is 0 Å². The third-order valence-corrected chi connectivity index (χ3v) is 4.67. The molecule has 100 valence electrons. The van der Waals surface area contributed by atoms with E-state index in [9.17, 15) is 20.2 Å².